The maximum absolute atomic E-state index is 13.2. The van der Waals surface area contributed by atoms with E-state index in [2.05, 4.69) is 40.6 Å². The zero-order valence-corrected chi connectivity index (χ0v) is 21.1. The van der Waals surface area contributed by atoms with Crippen LogP contribution in [0.15, 0.2) is 66.9 Å². The molecule has 3 aromatic rings. The number of carbonyl (C=O) groups excluding carboxylic acids is 2. The third-order valence-electron chi connectivity index (χ3n) is 8.49. The van der Waals surface area contributed by atoms with Crippen LogP contribution in [0, 0.1) is 12.8 Å². The van der Waals surface area contributed by atoms with Crippen LogP contribution in [0.25, 0.3) is 0 Å². The summed E-state index contributed by atoms with van der Waals surface area (Å²) >= 11 is 0. The van der Waals surface area contributed by atoms with Gasteiger partial charge in [-0.15, -0.1) is 0 Å². The maximum Gasteiger partial charge on any atom is 0.255 e. The molecule has 1 aromatic heterocycles. The Morgan fingerprint density at radius 1 is 1.11 bits per heavy atom. The molecule has 1 amide bonds. The van der Waals surface area contributed by atoms with Crippen LogP contribution in [-0.2, 0) is 23.1 Å². The van der Waals surface area contributed by atoms with Crippen LogP contribution in [0.3, 0.4) is 0 Å². The van der Waals surface area contributed by atoms with Crippen molar-refractivity contribution < 1.29 is 14.7 Å². The molecule has 2 aliphatic rings. The lowest BCUT2D eigenvalue weighted by molar-refractivity contribution is -0.121. The van der Waals surface area contributed by atoms with Crippen molar-refractivity contribution in [2.24, 2.45) is 5.92 Å². The zero-order chi connectivity index (χ0) is 25.3. The minimum absolute atomic E-state index is 0.0582. The van der Waals surface area contributed by atoms with E-state index < -0.39 is 5.60 Å². The van der Waals surface area contributed by atoms with Crippen LogP contribution >= 0.6 is 0 Å². The number of Topliss-reactive ketones (excluding diaryl/α,β-unsaturated/α-hetero) is 1. The van der Waals surface area contributed by atoms with Crippen molar-refractivity contribution in [3.05, 3.63) is 94.8 Å². The van der Waals surface area contributed by atoms with Gasteiger partial charge in [-0.3, -0.25) is 14.6 Å². The van der Waals surface area contributed by atoms with Crippen molar-refractivity contribution in [3.8, 4) is 0 Å². The van der Waals surface area contributed by atoms with Gasteiger partial charge >= 0.3 is 0 Å². The van der Waals surface area contributed by atoms with Gasteiger partial charge in [-0.1, -0.05) is 43.3 Å². The van der Waals surface area contributed by atoms with Crippen LogP contribution in [0.4, 0.5) is 5.69 Å². The monoisotopic (exact) mass is 482 g/mol. The minimum Gasteiger partial charge on any atom is -0.390 e. The fraction of sp³-hybridized carbons (Fsp3) is 0.387. The normalized spacial score (nSPS) is 25.4. The van der Waals surface area contributed by atoms with Crippen molar-refractivity contribution in [1.29, 1.82) is 0 Å². The lowest BCUT2D eigenvalue weighted by Gasteiger charge is -2.50. The Morgan fingerprint density at radius 2 is 1.92 bits per heavy atom. The van der Waals surface area contributed by atoms with Gasteiger partial charge in [0.15, 0.2) is 0 Å². The summed E-state index contributed by atoms with van der Waals surface area (Å²) in [6.45, 7) is 3.89. The highest BCUT2D eigenvalue weighted by atomic mass is 16.3. The van der Waals surface area contributed by atoms with Crippen LogP contribution < -0.4 is 5.32 Å². The van der Waals surface area contributed by atoms with Gasteiger partial charge in [0.1, 0.15) is 5.78 Å². The molecule has 0 spiro atoms. The van der Waals surface area contributed by atoms with Gasteiger partial charge in [0, 0.05) is 30.0 Å². The number of ketones is 1. The van der Waals surface area contributed by atoms with E-state index in [1.165, 1.54) is 5.56 Å². The second kappa shape index (κ2) is 9.62. The number of aliphatic hydroxyl groups is 1. The van der Waals surface area contributed by atoms with Gasteiger partial charge in [0.2, 0.25) is 0 Å². The smallest absolute Gasteiger partial charge is 0.255 e. The van der Waals surface area contributed by atoms with Crippen LogP contribution in [0.2, 0.25) is 0 Å². The number of benzene rings is 2. The quantitative estimate of drug-likeness (QED) is 0.498. The van der Waals surface area contributed by atoms with Gasteiger partial charge in [-0.25, -0.2) is 0 Å². The Labute approximate surface area is 213 Å². The summed E-state index contributed by atoms with van der Waals surface area (Å²) in [6.07, 6.45) is 6.15. The third-order valence-corrected chi connectivity index (χ3v) is 8.49. The summed E-state index contributed by atoms with van der Waals surface area (Å²) in [4.78, 5) is 30.6. The first-order valence-electron chi connectivity index (χ1n) is 13.0. The molecular weight excluding hydrogens is 448 g/mol. The molecule has 186 valence electrons. The molecule has 5 nitrogen and oxygen atoms in total. The molecule has 3 atom stereocenters. The van der Waals surface area contributed by atoms with Crippen LogP contribution in [0.5, 0.6) is 0 Å². The molecule has 1 heterocycles. The molecule has 5 rings (SSSR count). The number of aromatic nitrogens is 1. The highest BCUT2D eigenvalue weighted by Crippen LogP contribution is 2.53. The van der Waals surface area contributed by atoms with E-state index in [9.17, 15) is 14.7 Å². The standard InChI is InChI=1S/C31H34N2O3/c1-3-30(36)13-14-31(19-22-8-5-4-6-9-22)25(20-30)18-26(34)17-24-16-23(11-12-27(24)31)29(35)33-28-10-7-15-32-21(28)2/h4-12,15-16,25,36H,3,13-14,17-20H2,1-2H3,(H,33,35). The molecule has 1 saturated carbocycles. The number of aryl methyl sites for hydroxylation is 1. The Balaban J connectivity index is 1.56. The molecule has 2 N–H and O–H groups in total. The van der Waals surface area contributed by atoms with Crippen LogP contribution in [-0.4, -0.2) is 27.4 Å². The second-order valence-electron chi connectivity index (χ2n) is 10.7. The van der Waals surface area contributed by atoms with E-state index in [1.807, 2.05) is 38.1 Å². The van der Waals surface area contributed by atoms with Gasteiger partial charge < -0.3 is 10.4 Å². The number of amides is 1. The molecule has 1 fully saturated rings. The minimum atomic E-state index is -0.725. The number of hydrogen-bond acceptors (Lipinski definition) is 4. The summed E-state index contributed by atoms with van der Waals surface area (Å²) in [6, 6.07) is 19.9. The molecule has 36 heavy (non-hydrogen) atoms. The molecule has 2 aliphatic carbocycles. The molecular formula is C31H34N2O3. The molecule has 5 heteroatoms. The van der Waals surface area contributed by atoms with E-state index in [4.69, 9.17) is 0 Å². The Morgan fingerprint density at radius 3 is 2.67 bits per heavy atom. The number of hydrogen-bond donors (Lipinski definition) is 2. The first-order chi connectivity index (χ1) is 17.3. The number of anilines is 1. The van der Waals surface area contributed by atoms with Crippen LogP contribution in [0.1, 0.15) is 71.8 Å². The lowest BCUT2D eigenvalue weighted by atomic mass is 9.55. The molecule has 0 saturated heterocycles. The summed E-state index contributed by atoms with van der Waals surface area (Å²) in [5.41, 5.74) is 4.34. The largest absolute Gasteiger partial charge is 0.390 e. The van der Waals surface area contributed by atoms with Gasteiger partial charge in [0.25, 0.3) is 5.91 Å². The second-order valence-corrected chi connectivity index (χ2v) is 10.7. The van der Waals surface area contributed by atoms with E-state index in [0.29, 0.717) is 43.4 Å². The summed E-state index contributed by atoms with van der Waals surface area (Å²) in [5.74, 6) is 0.0309. The van der Waals surface area contributed by atoms with E-state index >= 15 is 0 Å². The van der Waals surface area contributed by atoms with E-state index in [1.54, 1.807) is 12.3 Å². The maximum atomic E-state index is 13.2. The van der Waals surface area contributed by atoms with Crippen molar-refractivity contribution in [2.75, 3.05) is 5.32 Å². The zero-order valence-electron chi connectivity index (χ0n) is 21.1. The fourth-order valence-corrected chi connectivity index (χ4v) is 6.38. The van der Waals surface area contributed by atoms with Crippen molar-refractivity contribution in [3.63, 3.8) is 0 Å². The number of carbonyl (C=O) groups is 2. The molecule has 3 unspecified atom stereocenters. The topological polar surface area (TPSA) is 79.3 Å². The molecule has 0 radical (unpaired) electrons. The highest BCUT2D eigenvalue weighted by molar-refractivity contribution is 6.04. The fourth-order valence-electron chi connectivity index (χ4n) is 6.38. The summed E-state index contributed by atoms with van der Waals surface area (Å²) in [7, 11) is 0. The lowest BCUT2D eigenvalue weighted by Crippen LogP contribution is -2.49. The van der Waals surface area contributed by atoms with Gasteiger partial charge in [-0.2, -0.15) is 0 Å². The SMILES string of the molecule is CCC1(O)CCC2(Cc3ccccc3)c3ccc(C(=O)Nc4cccnc4C)cc3CC(=O)CC2C1. The predicted octanol–water partition coefficient (Wildman–Crippen LogP) is 5.58. The molecule has 0 bridgehead atoms. The number of fused-ring (bicyclic) bond motifs is 3. The number of pyridine rings is 1. The summed E-state index contributed by atoms with van der Waals surface area (Å²) in [5, 5.41) is 14.2. The Bertz CT molecular complexity index is 1290. The van der Waals surface area contributed by atoms with Gasteiger partial charge in [0.05, 0.1) is 17.0 Å². The van der Waals surface area contributed by atoms with Crippen molar-refractivity contribution in [1.82, 2.24) is 4.98 Å². The summed E-state index contributed by atoms with van der Waals surface area (Å²) < 4.78 is 0. The average Bonchev–Trinajstić information content (AvgIpc) is 2.99. The predicted molar refractivity (Wildman–Crippen MR) is 141 cm³/mol. The average molecular weight is 483 g/mol. The van der Waals surface area contributed by atoms with Gasteiger partial charge in [-0.05, 0) is 85.9 Å². The number of nitrogens with zero attached hydrogens (tertiary/aromatic N) is 1. The Kier molecular flexibility index (Phi) is 6.52. The number of rotatable bonds is 5. The molecule has 2 aromatic carbocycles. The third kappa shape index (κ3) is 4.60. The highest BCUT2D eigenvalue weighted by Gasteiger charge is 2.51. The Hall–Kier alpha value is -3.31. The first-order valence-corrected chi connectivity index (χ1v) is 13.0. The van der Waals surface area contributed by atoms with E-state index in [-0.39, 0.29) is 23.0 Å². The first kappa shape index (κ1) is 24.4. The molecule has 0 aliphatic heterocycles. The number of nitrogens with one attached hydrogen (secondary N) is 1. The van der Waals surface area contributed by atoms with E-state index in [0.717, 1.165) is 29.7 Å². The van der Waals surface area contributed by atoms with Crippen molar-refractivity contribution in [2.45, 2.75) is 69.8 Å². The van der Waals surface area contributed by atoms with Crippen molar-refractivity contribution >= 4 is 17.4 Å².